The van der Waals surface area contributed by atoms with Crippen LogP contribution in [0.1, 0.15) is 5.56 Å². The maximum atomic E-state index is 5.67. The van der Waals surface area contributed by atoms with Crippen LogP contribution in [0.2, 0.25) is 0 Å². The Morgan fingerprint density at radius 3 is 2.15 bits per heavy atom. The van der Waals surface area contributed by atoms with E-state index in [1.165, 1.54) is 0 Å². The van der Waals surface area contributed by atoms with Crippen LogP contribution in [0.4, 0.5) is 0 Å². The Morgan fingerprint density at radius 1 is 1.15 bits per heavy atom. The first-order valence-corrected chi connectivity index (χ1v) is 6.27. The van der Waals surface area contributed by atoms with Crippen molar-refractivity contribution in [2.24, 2.45) is 0 Å². The van der Waals surface area contributed by atoms with E-state index < -0.39 is 8.80 Å². The summed E-state index contributed by atoms with van der Waals surface area (Å²) < 4.78 is 16.0. The van der Waals surface area contributed by atoms with Crippen molar-refractivity contribution in [2.75, 3.05) is 0 Å². The molecule has 0 aliphatic carbocycles. The van der Waals surface area contributed by atoms with Crippen molar-refractivity contribution in [3.63, 3.8) is 0 Å². The van der Waals surface area contributed by atoms with Gasteiger partial charge in [0.1, 0.15) is 0 Å². The Kier molecular flexibility index (Phi) is 1.56. The summed E-state index contributed by atoms with van der Waals surface area (Å²) in [6, 6.07) is 7.84. The van der Waals surface area contributed by atoms with E-state index in [9.17, 15) is 0 Å². The molecule has 3 aliphatic rings. The minimum atomic E-state index is -2.31. The van der Waals surface area contributed by atoms with Crippen LogP contribution < -0.4 is 5.19 Å². The van der Waals surface area contributed by atoms with Gasteiger partial charge in [-0.1, -0.05) is 24.3 Å². The predicted octanol–water partition coefficient (Wildman–Crippen LogP) is 0.932. The molecule has 0 spiro atoms. The normalized spacial score (nSPS) is 35.0. The van der Waals surface area contributed by atoms with Crippen molar-refractivity contribution in [3.8, 4) is 0 Å². The molecule has 0 amide bonds. The van der Waals surface area contributed by atoms with Gasteiger partial charge < -0.3 is 13.3 Å². The summed E-state index contributed by atoms with van der Waals surface area (Å²) in [4.78, 5) is 0. The lowest BCUT2D eigenvalue weighted by atomic mass is 10.2. The van der Waals surface area contributed by atoms with Crippen molar-refractivity contribution >= 4 is 25.6 Å². The molecule has 3 nitrogen and oxygen atoms in total. The van der Waals surface area contributed by atoms with Crippen LogP contribution in [0, 0.1) is 0 Å². The summed E-state index contributed by atoms with van der Waals surface area (Å²) in [6.07, 6.45) is 0. The first-order valence-electron chi connectivity index (χ1n) is 4.01. The van der Waals surface area contributed by atoms with Crippen molar-refractivity contribution in [2.45, 2.75) is 12.4 Å². The summed E-state index contributed by atoms with van der Waals surface area (Å²) >= 11 is 5.67. The summed E-state index contributed by atoms with van der Waals surface area (Å²) in [5, 5.41) is 1.02. The number of hydrogen-bond donors (Lipinski definition) is 0. The second-order valence-corrected chi connectivity index (χ2v) is 5.69. The molecule has 3 fully saturated rings. The first kappa shape index (κ1) is 7.96. The molecule has 3 saturated heterocycles. The molecule has 0 aromatic heterocycles. The topological polar surface area (TPSA) is 27.7 Å². The third-order valence-corrected chi connectivity index (χ3v) is 5.07. The number of hydrogen-bond acceptors (Lipinski definition) is 3. The van der Waals surface area contributed by atoms with Gasteiger partial charge in [0.15, 0.2) is 0 Å². The van der Waals surface area contributed by atoms with Gasteiger partial charge in [0, 0.05) is 11.1 Å². The molecule has 0 unspecified atom stereocenters. The second-order valence-electron chi connectivity index (χ2n) is 3.03. The second kappa shape index (κ2) is 2.56. The predicted molar refractivity (Wildman–Crippen MR) is 48.4 cm³/mol. The van der Waals surface area contributed by atoms with Crippen molar-refractivity contribution in [3.05, 3.63) is 29.8 Å². The fourth-order valence-electron chi connectivity index (χ4n) is 1.41. The fourth-order valence-corrected chi connectivity index (χ4v) is 3.38. The Bertz CT molecular complexity index is 323. The molecule has 1 aromatic carbocycles. The molecule has 4 rings (SSSR count). The average Bonchev–Trinajstić information content (AvgIpc) is 2.00. The smallest absolute Gasteiger partial charge is 0.321 e. The molecule has 0 N–H and O–H groups in total. The largest absolute Gasteiger partial charge is 0.548 e. The molecule has 5 heteroatoms. The van der Waals surface area contributed by atoms with Gasteiger partial charge >= 0.3 is 8.80 Å². The Balaban J connectivity index is 1.89. The van der Waals surface area contributed by atoms with Gasteiger partial charge in [0.05, 0.1) is 0 Å². The summed E-state index contributed by atoms with van der Waals surface area (Å²) in [5.41, 5.74) is 1.09. The highest BCUT2D eigenvalue weighted by Crippen LogP contribution is 2.39. The van der Waals surface area contributed by atoms with Crippen LogP contribution in [-0.4, -0.2) is 15.3 Å². The number of rotatable bonds is 2. The van der Waals surface area contributed by atoms with Gasteiger partial charge in [-0.3, -0.25) is 0 Å². The van der Waals surface area contributed by atoms with Gasteiger partial charge in [-0.15, -0.1) is 11.6 Å². The summed E-state index contributed by atoms with van der Waals surface area (Å²) in [7, 11) is -2.31. The standard InChI is InChI=1S/C8H7ClO3Si/c9-5-6-1-3-7(4-2-6)13-10-8(11-13)12-13/h1-4,8H,5H2. The quantitative estimate of drug-likeness (QED) is 0.542. The van der Waals surface area contributed by atoms with Gasteiger partial charge in [0.25, 0.3) is 6.48 Å². The van der Waals surface area contributed by atoms with Crippen LogP contribution in [0.15, 0.2) is 24.3 Å². The molecule has 13 heavy (non-hydrogen) atoms. The highest BCUT2D eigenvalue weighted by Gasteiger charge is 2.70. The minimum Gasteiger partial charge on any atom is -0.321 e. The van der Waals surface area contributed by atoms with Gasteiger partial charge in [-0.25, -0.2) is 0 Å². The molecule has 3 aliphatic heterocycles. The highest BCUT2D eigenvalue weighted by atomic mass is 35.5. The molecule has 0 atom stereocenters. The molecule has 68 valence electrons. The van der Waals surface area contributed by atoms with E-state index in [0.29, 0.717) is 5.88 Å². The molecule has 0 saturated carbocycles. The lowest BCUT2D eigenvalue weighted by Crippen LogP contribution is -2.82. The third kappa shape index (κ3) is 1.01. The van der Waals surface area contributed by atoms with Crippen LogP contribution in [0.25, 0.3) is 0 Å². The van der Waals surface area contributed by atoms with E-state index in [2.05, 4.69) is 0 Å². The zero-order valence-corrected chi connectivity index (χ0v) is 8.45. The summed E-state index contributed by atoms with van der Waals surface area (Å²) in [5.74, 6) is 0.528. The van der Waals surface area contributed by atoms with Gasteiger partial charge in [-0.05, 0) is 5.56 Å². The van der Waals surface area contributed by atoms with Crippen LogP contribution in [0.3, 0.4) is 0 Å². The molecule has 1 aromatic rings. The maximum absolute atomic E-state index is 5.67. The molecular weight excluding hydrogens is 208 g/mol. The van der Waals surface area contributed by atoms with E-state index >= 15 is 0 Å². The summed E-state index contributed by atoms with van der Waals surface area (Å²) in [6.45, 7) is -0.376. The SMILES string of the molecule is ClCc1ccc([Si]23OC(O2)O3)cc1. The Morgan fingerprint density at radius 2 is 1.77 bits per heavy atom. The maximum Gasteiger partial charge on any atom is 0.548 e. The average molecular weight is 215 g/mol. The van der Waals surface area contributed by atoms with E-state index in [1.54, 1.807) is 0 Å². The van der Waals surface area contributed by atoms with Crippen molar-refractivity contribution < 1.29 is 13.3 Å². The van der Waals surface area contributed by atoms with Gasteiger partial charge in [0.2, 0.25) is 0 Å². The number of benzene rings is 1. The van der Waals surface area contributed by atoms with Crippen molar-refractivity contribution in [1.29, 1.82) is 0 Å². The molecule has 0 radical (unpaired) electrons. The molecule has 2 bridgehead atoms. The Hall–Kier alpha value is -0.393. The van der Waals surface area contributed by atoms with Crippen molar-refractivity contribution in [1.82, 2.24) is 0 Å². The van der Waals surface area contributed by atoms with E-state index in [0.717, 1.165) is 10.8 Å². The molecular formula is C8H7ClO3Si. The fraction of sp³-hybridized carbons (Fsp3) is 0.250. The zero-order valence-electron chi connectivity index (χ0n) is 6.70. The van der Waals surface area contributed by atoms with E-state index in [1.807, 2.05) is 24.3 Å². The Labute approximate surface area is 81.5 Å². The minimum absolute atomic E-state index is 0.376. The monoisotopic (exact) mass is 214 g/mol. The van der Waals surface area contributed by atoms with Crippen LogP contribution in [0.5, 0.6) is 0 Å². The van der Waals surface area contributed by atoms with E-state index in [-0.39, 0.29) is 6.48 Å². The van der Waals surface area contributed by atoms with Crippen LogP contribution >= 0.6 is 11.6 Å². The van der Waals surface area contributed by atoms with E-state index in [4.69, 9.17) is 24.9 Å². The van der Waals surface area contributed by atoms with Crippen LogP contribution in [-0.2, 0) is 19.2 Å². The highest BCUT2D eigenvalue weighted by molar-refractivity contribution is 6.79. The molecule has 3 heterocycles. The number of halogens is 1. The lowest BCUT2D eigenvalue weighted by Gasteiger charge is -2.55. The zero-order chi connectivity index (χ0) is 8.89. The lowest BCUT2D eigenvalue weighted by molar-refractivity contribution is -0.385. The third-order valence-electron chi connectivity index (χ3n) is 2.22. The first-order chi connectivity index (χ1) is 6.32. The number of alkyl halides is 1. The van der Waals surface area contributed by atoms with Gasteiger partial charge in [-0.2, -0.15) is 0 Å².